The standard InChI is InChI=1S/C18H24N2O3/c1-12-8-9-20(11-17(12)23-2)18(22)19-14-7-6-13-4-3-5-16(21)15(13)10-14/h6-7,10,12,17H,3-5,8-9,11H2,1-2H3,(H,19,22)/t12-,17+/m0/s1. The minimum absolute atomic E-state index is 0.0830. The molecule has 1 N–H and O–H groups in total. The quantitative estimate of drug-likeness (QED) is 0.912. The molecule has 0 unspecified atom stereocenters. The summed E-state index contributed by atoms with van der Waals surface area (Å²) in [5.41, 5.74) is 2.54. The molecule has 2 aliphatic rings. The number of likely N-dealkylation sites (tertiary alicyclic amines) is 1. The molecule has 1 aliphatic carbocycles. The fraction of sp³-hybridized carbons (Fsp3) is 0.556. The van der Waals surface area contributed by atoms with Gasteiger partial charge in [0.05, 0.1) is 6.10 Å². The van der Waals surface area contributed by atoms with E-state index in [0.717, 1.165) is 36.9 Å². The highest BCUT2D eigenvalue weighted by Gasteiger charge is 2.29. The van der Waals surface area contributed by atoms with Gasteiger partial charge in [-0.2, -0.15) is 0 Å². The zero-order valence-corrected chi connectivity index (χ0v) is 13.8. The second-order valence-corrected chi connectivity index (χ2v) is 6.56. The number of benzene rings is 1. The molecule has 1 aromatic rings. The number of anilines is 1. The Morgan fingerprint density at radius 3 is 2.96 bits per heavy atom. The SMILES string of the molecule is CO[C@@H]1CN(C(=O)Nc2ccc3c(c2)C(=O)CCC3)CC[C@@H]1C. The molecule has 1 fully saturated rings. The molecule has 2 amide bonds. The lowest BCUT2D eigenvalue weighted by atomic mass is 9.90. The average molecular weight is 316 g/mol. The molecule has 0 saturated carbocycles. The van der Waals surface area contributed by atoms with Crippen LogP contribution in [0.3, 0.4) is 0 Å². The smallest absolute Gasteiger partial charge is 0.321 e. The van der Waals surface area contributed by atoms with Gasteiger partial charge in [0.25, 0.3) is 0 Å². The fourth-order valence-electron chi connectivity index (χ4n) is 3.43. The van der Waals surface area contributed by atoms with Crippen molar-refractivity contribution in [1.82, 2.24) is 4.90 Å². The van der Waals surface area contributed by atoms with Crippen LogP contribution < -0.4 is 5.32 Å². The Kier molecular flexibility index (Phi) is 4.66. The van der Waals surface area contributed by atoms with Gasteiger partial charge >= 0.3 is 6.03 Å². The molecule has 0 bridgehead atoms. The number of fused-ring (bicyclic) bond motifs is 1. The summed E-state index contributed by atoms with van der Waals surface area (Å²) in [4.78, 5) is 26.3. The number of ketones is 1. The highest BCUT2D eigenvalue weighted by molar-refractivity contribution is 6.00. The first-order valence-corrected chi connectivity index (χ1v) is 8.33. The lowest BCUT2D eigenvalue weighted by Crippen LogP contribution is -2.48. The summed E-state index contributed by atoms with van der Waals surface area (Å²) in [6.07, 6.45) is 3.48. The number of hydrogen-bond donors (Lipinski definition) is 1. The van der Waals surface area contributed by atoms with Gasteiger partial charge < -0.3 is 15.0 Å². The van der Waals surface area contributed by atoms with Crippen molar-refractivity contribution in [3.8, 4) is 0 Å². The highest BCUT2D eigenvalue weighted by atomic mass is 16.5. The van der Waals surface area contributed by atoms with E-state index in [4.69, 9.17) is 4.74 Å². The van der Waals surface area contributed by atoms with Crippen molar-refractivity contribution in [3.05, 3.63) is 29.3 Å². The number of urea groups is 1. The predicted octanol–water partition coefficient (Wildman–Crippen LogP) is 3.09. The third-order valence-electron chi connectivity index (χ3n) is 4.99. The number of piperidine rings is 1. The van der Waals surface area contributed by atoms with Crippen LogP contribution in [0.25, 0.3) is 0 Å². The van der Waals surface area contributed by atoms with Gasteiger partial charge in [-0.1, -0.05) is 13.0 Å². The van der Waals surface area contributed by atoms with Gasteiger partial charge in [0.2, 0.25) is 0 Å². The number of hydrogen-bond acceptors (Lipinski definition) is 3. The normalized spacial score (nSPS) is 24.3. The summed E-state index contributed by atoms with van der Waals surface area (Å²) in [5.74, 6) is 0.638. The maximum Gasteiger partial charge on any atom is 0.321 e. The Balaban J connectivity index is 1.68. The van der Waals surface area contributed by atoms with Gasteiger partial charge in [-0.15, -0.1) is 0 Å². The van der Waals surface area contributed by atoms with Crippen LogP contribution in [0, 0.1) is 5.92 Å². The van der Waals surface area contributed by atoms with Gasteiger partial charge in [0.1, 0.15) is 0 Å². The molecular formula is C18H24N2O3. The van der Waals surface area contributed by atoms with Gasteiger partial charge in [-0.25, -0.2) is 4.79 Å². The van der Waals surface area contributed by atoms with Crippen LogP contribution in [0.4, 0.5) is 10.5 Å². The van der Waals surface area contributed by atoms with E-state index in [0.29, 0.717) is 24.6 Å². The number of amides is 2. The topological polar surface area (TPSA) is 58.6 Å². The van der Waals surface area contributed by atoms with E-state index in [2.05, 4.69) is 12.2 Å². The van der Waals surface area contributed by atoms with Gasteiger partial charge in [0, 0.05) is 37.9 Å². The van der Waals surface area contributed by atoms with E-state index in [1.54, 1.807) is 12.0 Å². The van der Waals surface area contributed by atoms with E-state index < -0.39 is 0 Å². The third kappa shape index (κ3) is 3.39. The predicted molar refractivity (Wildman–Crippen MR) is 88.9 cm³/mol. The summed E-state index contributed by atoms with van der Waals surface area (Å²) in [6, 6.07) is 5.53. The van der Waals surface area contributed by atoms with Gasteiger partial charge in [-0.3, -0.25) is 4.79 Å². The zero-order valence-electron chi connectivity index (χ0n) is 13.8. The minimum atomic E-state index is -0.123. The lowest BCUT2D eigenvalue weighted by Gasteiger charge is -2.36. The molecule has 3 rings (SSSR count). The Hall–Kier alpha value is -1.88. The summed E-state index contributed by atoms with van der Waals surface area (Å²) in [7, 11) is 1.69. The van der Waals surface area contributed by atoms with Crippen molar-refractivity contribution in [2.45, 2.75) is 38.7 Å². The van der Waals surface area contributed by atoms with Crippen LogP contribution >= 0.6 is 0 Å². The van der Waals surface area contributed by atoms with Crippen LogP contribution in [0.5, 0.6) is 0 Å². The molecule has 1 heterocycles. The third-order valence-corrected chi connectivity index (χ3v) is 4.99. The van der Waals surface area contributed by atoms with Gasteiger partial charge in [-0.05, 0) is 42.9 Å². The van der Waals surface area contributed by atoms with E-state index in [1.807, 2.05) is 18.2 Å². The van der Waals surface area contributed by atoms with Crippen molar-refractivity contribution in [1.29, 1.82) is 0 Å². The van der Waals surface area contributed by atoms with Gasteiger partial charge in [0.15, 0.2) is 5.78 Å². The zero-order chi connectivity index (χ0) is 16.4. The second kappa shape index (κ2) is 6.71. The number of carbonyl (C=O) groups is 2. The van der Waals surface area contributed by atoms with E-state index in [1.165, 1.54) is 0 Å². The maximum absolute atomic E-state index is 12.5. The molecule has 1 aromatic carbocycles. The number of Topliss-reactive ketones (excluding diaryl/α,β-unsaturated/α-hetero) is 1. The molecule has 1 aliphatic heterocycles. The van der Waals surface area contributed by atoms with Crippen molar-refractivity contribution in [2.24, 2.45) is 5.92 Å². The molecule has 1 saturated heterocycles. The van der Waals surface area contributed by atoms with Crippen LogP contribution in [0.15, 0.2) is 18.2 Å². The number of rotatable bonds is 2. The summed E-state index contributed by atoms with van der Waals surface area (Å²) in [6.45, 7) is 3.49. The average Bonchev–Trinajstić information content (AvgIpc) is 2.56. The lowest BCUT2D eigenvalue weighted by molar-refractivity contribution is 0.00896. The largest absolute Gasteiger partial charge is 0.379 e. The van der Waals surface area contributed by atoms with E-state index in [-0.39, 0.29) is 17.9 Å². The van der Waals surface area contributed by atoms with E-state index >= 15 is 0 Å². The fourth-order valence-corrected chi connectivity index (χ4v) is 3.43. The Morgan fingerprint density at radius 1 is 1.35 bits per heavy atom. The van der Waals surface area contributed by atoms with Crippen molar-refractivity contribution in [3.63, 3.8) is 0 Å². The summed E-state index contributed by atoms with van der Waals surface area (Å²) >= 11 is 0. The molecule has 23 heavy (non-hydrogen) atoms. The molecule has 0 spiro atoms. The van der Waals surface area contributed by atoms with Crippen LogP contribution in [-0.4, -0.2) is 43.0 Å². The first-order valence-electron chi connectivity index (χ1n) is 8.33. The maximum atomic E-state index is 12.5. The van der Waals surface area contributed by atoms with Crippen LogP contribution in [-0.2, 0) is 11.2 Å². The van der Waals surface area contributed by atoms with Crippen LogP contribution in [0.1, 0.15) is 42.1 Å². The summed E-state index contributed by atoms with van der Waals surface area (Å²) in [5, 5.41) is 2.92. The van der Waals surface area contributed by atoms with E-state index in [9.17, 15) is 9.59 Å². The molecule has 5 nitrogen and oxygen atoms in total. The number of carbonyl (C=O) groups excluding carboxylic acids is 2. The van der Waals surface area contributed by atoms with Crippen molar-refractivity contribution in [2.75, 3.05) is 25.5 Å². The number of aryl methyl sites for hydroxylation is 1. The molecule has 0 aromatic heterocycles. The molecule has 0 radical (unpaired) electrons. The first-order chi connectivity index (χ1) is 11.1. The second-order valence-electron chi connectivity index (χ2n) is 6.56. The number of ether oxygens (including phenoxy) is 1. The monoisotopic (exact) mass is 316 g/mol. The summed E-state index contributed by atoms with van der Waals surface area (Å²) < 4.78 is 5.46. The minimum Gasteiger partial charge on any atom is -0.379 e. The highest BCUT2D eigenvalue weighted by Crippen LogP contribution is 2.25. The molecule has 2 atom stereocenters. The van der Waals surface area contributed by atoms with Crippen molar-refractivity contribution >= 4 is 17.5 Å². The van der Waals surface area contributed by atoms with Crippen molar-refractivity contribution < 1.29 is 14.3 Å². The number of methoxy groups -OCH3 is 1. The molecular weight excluding hydrogens is 292 g/mol. The Bertz CT molecular complexity index is 614. The van der Waals surface area contributed by atoms with Crippen LogP contribution in [0.2, 0.25) is 0 Å². The first kappa shape index (κ1) is 16.0. The Labute approximate surface area is 137 Å². The number of nitrogens with one attached hydrogen (secondary N) is 1. The Morgan fingerprint density at radius 2 is 2.17 bits per heavy atom. The molecule has 5 heteroatoms. The number of nitrogens with zero attached hydrogens (tertiary/aromatic N) is 1. The molecule has 124 valence electrons.